The van der Waals surface area contributed by atoms with Crippen molar-refractivity contribution in [2.45, 2.75) is 0 Å². The molecule has 7 heteroatoms. The number of rotatable bonds is 2. The number of nitro groups is 1. The Morgan fingerprint density at radius 1 is 1.18 bits per heavy atom. The van der Waals surface area contributed by atoms with E-state index >= 15 is 0 Å². The smallest absolute Gasteiger partial charge is 0.269 e. The Morgan fingerprint density at radius 3 is 2.29 bits per heavy atom. The molecule has 2 amide bonds. The molecule has 1 aliphatic rings. The number of anilines is 1. The highest BCUT2D eigenvalue weighted by molar-refractivity contribution is 6.32. The summed E-state index contributed by atoms with van der Waals surface area (Å²) in [6.45, 7) is 0. The van der Waals surface area contributed by atoms with E-state index in [0.29, 0.717) is 4.90 Å². The van der Waals surface area contributed by atoms with Crippen LogP contribution < -0.4 is 4.90 Å². The van der Waals surface area contributed by atoms with Crippen LogP contribution in [0.15, 0.2) is 30.4 Å². The topological polar surface area (TPSA) is 80.5 Å². The Bertz CT molecular complexity index is 549. The Hall–Kier alpha value is -2.21. The molecule has 0 fully saturated rings. The van der Waals surface area contributed by atoms with Gasteiger partial charge >= 0.3 is 0 Å². The van der Waals surface area contributed by atoms with E-state index in [1.165, 1.54) is 12.1 Å². The van der Waals surface area contributed by atoms with E-state index in [0.717, 1.165) is 18.2 Å². The maximum atomic E-state index is 11.4. The average molecular weight is 253 g/mol. The van der Waals surface area contributed by atoms with Gasteiger partial charge in [-0.25, -0.2) is 4.90 Å². The number of imide groups is 1. The highest BCUT2D eigenvalue weighted by atomic mass is 35.5. The van der Waals surface area contributed by atoms with E-state index in [9.17, 15) is 19.7 Å². The van der Waals surface area contributed by atoms with Gasteiger partial charge in [-0.1, -0.05) is 11.6 Å². The lowest BCUT2D eigenvalue weighted by Gasteiger charge is -2.13. The van der Waals surface area contributed by atoms with Crippen LogP contribution in [0.2, 0.25) is 5.02 Å². The number of hydrogen-bond donors (Lipinski definition) is 0. The SMILES string of the molecule is O=C1C=CC(=O)N1c1cc(Cl)ccc1[N+](=O)[O-]. The summed E-state index contributed by atoms with van der Waals surface area (Å²) in [5, 5.41) is 11.0. The summed E-state index contributed by atoms with van der Waals surface area (Å²) in [5.41, 5.74) is -0.470. The molecule has 0 atom stereocenters. The average Bonchev–Trinajstić information content (AvgIpc) is 2.58. The number of halogens is 1. The summed E-state index contributed by atoms with van der Waals surface area (Å²) in [4.78, 5) is 33.7. The molecule has 0 bridgehead atoms. The predicted octanol–water partition coefficient (Wildman–Crippen LogP) is 1.68. The van der Waals surface area contributed by atoms with Crippen molar-refractivity contribution in [3.05, 3.63) is 45.5 Å². The summed E-state index contributed by atoms with van der Waals surface area (Å²) in [6, 6.07) is 3.68. The first-order chi connectivity index (χ1) is 8.00. The van der Waals surface area contributed by atoms with Gasteiger partial charge in [-0.2, -0.15) is 0 Å². The monoisotopic (exact) mass is 252 g/mol. The first kappa shape index (κ1) is 11.3. The fourth-order valence-electron chi connectivity index (χ4n) is 1.47. The lowest BCUT2D eigenvalue weighted by atomic mass is 10.2. The molecule has 1 aliphatic heterocycles. The van der Waals surface area contributed by atoms with Gasteiger partial charge in [0.05, 0.1) is 4.92 Å². The Morgan fingerprint density at radius 2 is 1.76 bits per heavy atom. The molecule has 0 aromatic heterocycles. The van der Waals surface area contributed by atoms with E-state index in [1.54, 1.807) is 0 Å². The van der Waals surface area contributed by atoms with Crippen LogP contribution in [0.5, 0.6) is 0 Å². The van der Waals surface area contributed by atoms with E-state index in [1.807, 2.05) is 0 Å². The third kappa shape index (κ3) is 1.90. The molecule has 0 saturated carbocycles. The molecule has 0 saturated heterocycles. The predicted molar refractivity (Wildman–Crippen MR) is 59.7 cm³/mol. The number of benzene rings is 1. The zero-order chi connectivity index (χ0) is 12.6. The van der Waals surface area contributed by atoms with Crippen molar-refractivity contribution in [2.75, 3.05) is 4.90 Å². The second kappa shape index (κ2) is 3.99. The maximum Gasteiger partial charge on any atom is 0.293 e. The van der Waals surface area contributed by atoms with Crippen LogP contribution in [-0.2, 0) is 9.59 Å². The van der Waals surface area contributed by atoms with Gasteiger partial charge in [0.15, 0.2) is 0 Å². The van der Waals surface area contributed by atoms with Crippen LogP contribution in [0.25, 0.3) is 0 Å². The summed E-state index contributed by atoms with van der Waals surface area (Å²) < 4.78 is 0. The Balaban J connectivity index is 2.58. The normalized spacial score (nSPS) is 14.5. The molecule has 6 nitrogen and oxygen atoms in total. The number of hydrogen-bond acceptors (Lipinski definition) is 4. The van der Waals surface area contributed by atoms with Gasteiger partial charge in [-0.05, 0) is 12.1 Å². The van der Waals surface area contributed by atoms with Crippen molar-refractivity contribution in [3.63, 3.8) is 0 Å². The number of carbonyl (C=O) groups is 2. The summed E-state index contributed by atoms with van der Waals surface area (Å²) in [5.74, 6) is -1.25. The van der Waals surface area contributed by atoms with Crippen LogP contribution >= 0.6 is 11.6 Å². The standard InChI is InChI=1S/C10H5ClN2O4/c11-6-1-2-7(13(16)17)8(5-6)12-9(14)3-4-10(12)15/h1-5H. The Labute approximate surface area is 100 Å². The van der Waals surface area contributed by atoms with Crippen molar-refractivity contribution in [2.24, 2.45) is 0 Å². The molecule has 1 aromatic rings. The maximum absolute atomic E-state index is 11.4. The number of nitro benzene ring substituents is 1. The first-order valence-electron chi connectivity index (χ1n) is 4.51. The number of amides is 2. The molecule has 2 rings (SSSR count). The largest absolute Gasteiger partial charge is 0.293 e. The molecule has 0 spiro atoms. The third-order valence-electron chi connectivity index (χ3n) is 2.18. The van der Waals surface area contributed by atoms with Gasteiger partial charge in [0.2, 0.25) is 0 Å². The molecule has 1 aromatic carbocycles. The van der Waals surface area contributed by atoms with Crippen LogP contribution in [0.4, 0.5) is 11.4 Å². The summed E-state index contributed by atoms with van der Waals surface area (Å²) in [7, 11) is 0. The molecule has 0 aliphatic carbocycles. The molecular weight excluding hydrogens is 248 g/mol. The fourth-order valence-corrected chi connectivity index (χ4v) is 1.63. The van der Waals surface area contributed by atoms with Crippen molar-refractivity contribution >= 4 is 34.8 Å². The lowest BCUT2D eigenvalue weighted by Crippen LogP contribution is -2.30. The minimum Gasteiger partial charge on any atom is -0.269 e. The van der Waals surface area contributed by atoms with E-state index in [4.69, 9.17) is 11.6 Å². The van der Waals surface area contributed by atoms with Gasteiger partial charge in [0.25, 0.3) is 17.5 Å². The molecule has 1 heterocycles. The first-order valence-corrected chi connectivity index (χ1v) is 4.88. The van der Waals surface area contributed by atoms with E-state index < -0.39 is 16.7 Å². The minimum absolute atomic E-state index is 0.123. The van der Waals surface area contributed by atoms with E-state index in [-0.39, 0.29) is 16.4 Å². The van der Waals surface area contributed by atoms with Crippen LogP contribution in [0.3, 0.4) is 0 Å². The zero-order valence-electron chi connectivity index (χ0n) is 8.29. The van der Waals surface area contributed by atoms with Crippen molar-refractivity contribution < 1.29 is 14.5 Å². The highest BCUT2D eigenvalue weighted by Crippen LogP contribution is 2.32. The quantitative estimate of drug-likeness (QED) is 0.456. The lowest BCUT2D eigenvalue weighted by molar-refractivity contribution is -0.384. The fraction of sp³-hybridized carbons (Fsp3) is 0. The molecule has 86 valence electrons. The van der Waals surface area contributed by atoms with Crippen molar-refractivity contribution in [1.29, 1.82) is 0 Å². The molecule has 0 radical (unpaired) electrons. The van der Waals surface area contributed by atoms with Gasteiger partial charge in [-0.15, -0.1) is 0 Å². The van der Waals surface area contributed by atoms with Crippen molar-refractivity contribution in [3.8, 4) is 0 Å². The molecule has 17 heavy (non-hydrogen) atoms. The van der Waals surface area contributed by atoms with E-state index in [2.05, 4.69) is 0 Å². The van der Waals surface area contributed by atoms with Gasteiger partial charge in [0.1, 0.15) is 5.69 Å². The van der Waals surface area contributed by atoms with Gasteiger partial charge < -0.3 is 0 Å². The van der Waals surface area contributed by atoms with Gasteiger partial charge in [-0.3, -0.25) is 19.7 Å². The highest BCUT2D eigenvalue weighted by Gasteiger charge is 2.31. The number of carbonyl (C=O) groups excluding carboxylic acids is 2. The second-order valence-corrected chi connectivity index (χ2v) is 3.67. The Kier molecular flexibility index (Phi) is 2.64. The van der Waals surface area contributed by atoms with Gasteiger partial charge in [0, 0.05) is 23.2 Å². The molecule has 0 N–H and O–H groups in total. The second-order valence-electron chi connectivity index (χ2n) is 3.24. The van der Waals surface area contributed by atoms with Crippen molar-refractivity contribution in [1.82, 2.24) is 0 Å². The number of nitrogens with zero attached hydrogens (tertiary/aromatic N) is 2. The minimum atomic E-state index is -0.676. The third-order valence-corrected chi connectivity index (χ3v) is 2.42. The summed E-state index contributed by atoms with van der Waals surface area (Å²) in [6.07, 6.45) is 2.10. The summed E-state index contributed by atoms with van der Waals surface area (Å²) >= 11 is 5.70. The van der Waals surface area contributed by atoms with Crippen LogP contribution in [0, 0.1) is 10.1 Å². The zero-order valence-corrected chi connectivity index (χ0v) is 9.05. The van der Waals surface area contributed by atoms with Crippen LogP contribution in [0.1, 0.15) is 0 Å². The molecule has 0 unspecified atom stereocenters. The van der Waals surface area contributed by atoms with Crippen LogP contribution in [-0.4, -0.2) is 16.7 Å². The molecular formula is C10H5ClN2O4.